The van der Waals surface area contributed by atoms with Crippen LogP contribution >= 0.6 is 0 Å². The Bertz CT molecular complexity index is 564. The van der Waals surface area contributed by atoms with Crippen molar-refractivity contribution in [3.05, 3.63) is 29.8 Å². The first kappa shape index (κ1) is 16.1. The summed E-state index contributed by atoms with van der Waals surface area (Å²) in [6.45, 7) is 5.97. The molecule has 1 atom stereocenters. The Balaban J connectivity index is 1.94. The number of guanidine groups is 1. The van der Waals surface area contributed by atoms with E-state index in [0.717, 1.165) is 17.7 Å². The van der Waals surface area contributed by atoms with Crippen LogP contribution in [-0.2, 0) is 9.53 Å². The van der Waals surface area contributed by atoms with Crippen molar-refractivity contribution in [3.63, 3.8) is 0 Å². The average Bonchev–Trinajstić information content (AvgIpc) is 2.44. The normalized spacial score (nSPS) is 18.1. The molecule has 120 valence electrons. The van der Waals surface area contributed by atoms with Gasteiger partial charge in [0.1, 0.15) is 17.9 Å². The van der Waals surface area contributed by atoms with Gasteiger partial charge in [0.25, 0.3) is 0 Å². The summed E-state index contributed by atoms with van der Waals surface area (Å²) in [5, 5.41) is 3.13. The van der Waals surface area contributed by atoms with Crippen LogP contribution in [-0.4, -0.2) is 30.7 Å². The SMILES string of the molecule is CC(C)(C)OC(=O)CN=C(N)NC1CCOc2ccccc21. The maximum absolute atomic E-state index is 11.6. The van der Waals surface area contributed by atoms with E-state index in [9.17, 15) is 4.79 Å². The van der Waals surface area contributed by atoms with Gasteiger partial charge in [-0.1, -0.05) is 18.2 Å². The molecule has 1 aliphatic rings. The van der Waals surface area contributed by atoms with Crippen molar-refractivity contribution in [2.75, 3.05) is 13.2 Å². The Morgan fingerprint density at radius 2 is 2.18 bits per heavy atom. The van der Waals surface area contributed by atoms with Gasteiger partial charge in [-0.05, 0) is 26.8 Å². The van der Waals surface area contributed by atoms with E-state index in [2.05, 4.69) is 10.3 Å². The summed E-state index contributed by atoms with van der Waals surface area (Å²) in [6, 6.07) is 7.84. The van der Waals surface area contributed by atoms with Crippen LogP contribution in [0.4, 0.5) is 0 Å². The van der Waals surface area contributed by atoms with E-state index in [0.29, 0.717) is 6.61 Å². The number of hydrogen-bond acceptors (Lipinski definition) is 4. The number of fused-ring (bicyclic) bond motifs is 1. The van der Waals surface area contributed by atoms with E-state index >= 15 is 0 Å². The summed E-state index contributed by atoms with van der Waals surface area (Å²) in [6.07, 6.45) is 0.791. The highest BCUT2D eigenvalue weighted by atomic mass is 16.6. The average molecular weight is 305 g/mol. The number of carbonyl (C=O) groups excluding carboxylic acids is 1. The van der Waals surface area contributed by atoms with Crippen LogP contribution in [0.3, 0.4) is 0 Å². The molecule has 2 rings (SSSR count). The highest BCUT2D eigenvalue weighted by Crippen LogP contribution is 2.31. The Morgan fingerprint density at radius 3 is 2.91 bits per heavy atom. The largest absolute Gasteiger partial charge is 0.493 e. The summed E-state index contributed by atoms with van der Waals surface area (Å²) in [5.74, 6) is 0.684. The summed E-state index contributed by atoms with van der Waals surface area (Å²) >= 11 is 0. The van der Waals surface area contributed by atoms with Gasteiger partial charge in [-0.3, -0.25) is 4.79 Å². The zero-order valence-corrected chi connectivity index (χ0v) is 13.3. The zero-order chi connectivity index (χ0) is 16.2. The summed E-state index contributed by atoms with van der Waals surface area (Å²) < 4.78 is 10.8. The maximum Gasteiger partial charge on any atom is 0.328 e. The summed E-state index contributed by atoms with van der Waals surface area (Å²) in [5.41, 5.74) is 6.39. The molecule has 22 heavy (non-hydrogen) atoms. The monoisotopic (exact) mass is 305 g/mol. The van der Waals surface area contributed by atoms with Crippen molar-refractivity contribution in [2.45, 2.75) is 38.8 Å². The van der Waals surface area contributed by atoms with Crippen molar-refractivity contribution in [1.82, 2.24) is 5.32 Å². The number of benzene rings is 1. The molecule has 0 saturated heterocycles. The van der Waals surface area contributed by atoms with Gasteiger partial charge >= 0.3 is 5.97 Å². The molecule has 0 radical (unpaired) electrons. The maximum atomic E-state index is 11.6. The predicted octanol–water partition coefficient (Wildman–Crippen LogP) is 1.76. The molecule has 0 bridgehead atoms. The number of para-hydroxylation sites is 1. The number of nitrogens with one attached hydrogen (secondary N) is 1. The molecule has 1 aromatic rings. The minimum atomic E-state index is -0.519. The van der Waals surface area contributed by atoms with Crippen LogP contribution in [0.1, 0.15) is 38.8 Å². The number of ether oxygens (including phenoxy) is 2. The molecule has 1 unspecified atom stereocenters. The van der Waals surface area contributed by atoms with Gasteiger partial charge in [-0.15, -0.1) is 0 Å². The highest BCUT2D eigenvalue weighted by molar-refractivity contribution is 5.82. The fourth-order valence-corrected chi connectivity index (χ4v) is 2.24. The molecule has 1 aromatic carbocycles. The predicted molar refractivity (Wildman–Crippen MR) is 84.8 cm³/mol. The topological polar surface area (TPSA) is 85.9 Å². The standard InChI is InChI=1S/C16H23N3O3/c1-16(2,3)22-14(20)10-18-15(17)19-12-8-9-21-13-7-5-4-6-11(12)13/h4-7,12H,8-10H2,1-3H3,(H3,17,18,19). The van der Waals surface area contributed by atoms with E-state index < -0.39 is 11.6 Å². The lowest BCUT2D eigenvalue weighted by Gasteiger charge is -2.27. The molecule has 1 aliphatic heterocycles. The fourth-order valence-electron chi connectivity index (χ4n) is 2.24. The van der Waals surface area contributed by atoms with Crippen LogP contribution in [0, 0.1) is 0 Å². The lowest BCUT2D eigenvalue weighted by atomic mass is 10.0. The Morgan fingerprint density at radius 1 is 1.45 bits per heavy atom. The Labute approximate surface area is 130 Å². The molecule has 0 aromatic heterocycles. The van der Waals surface area contributed by atoms with Gasteiger partial charge in [0.05, 0.1) is 12.6 Å². The van der Waals surface area contributed by atoms with E-state index in [-0.39, 0.29) is 18.5 Å². The van der Waals surface area contributed by atoms with Gasteiger partial charge in [0, 0.05) is 12.0 Å². The smallest absolute Gasteiger partial charge is 0.328 e. The summed E-state index contributed by atoms with van der Waals surface area (Å²) in [7, 11) is 0. The third-order valence-corrected chi connectivity index (χ3v) is 3.08. The van der Waals surface area contributed by atoms with Crippen LogP contribution in [0.15, 0.2) is 29.3 Å². The van der Waals surface area contributed by atoms with E-state index in [1.807, 2.05) is 45.0 Å². The zero-order valence-electron chi connectivity index (χ0n) is 13.3. The van der Waals surface area contributed by atoms with E-state index in [4.69, 9.17) is 15.2 Å². The van der Waals surface area contributed by atoms with E-state index in [1.165, 1.54) is 0 Å². The third-order valence-electron chi connectivity index (χ3n) is 3.08. The number of hydrogen-bond donors (Lipinski definition) is 2. The molecular weight excluding hydrogens is 282 g/mol. The fraction of sp³-hybridized carbons (Fsp3) is 0.500. The van der Waals surface area contributed by atoms with Crippen LogP contribution in [0.25, 0.3) is 0 Å². The van der Waals surface area contributed by atoms with Gasteiger partial charge < -0.3 is 20.5 Å². The van der Waals surface area contributed by atoms with Gasteiger partial charge in [-0.25, -0.2) is 4.99 Å². The van der Waals surface area contributed by atoms with Crippen molar-refractivity contribution in [1.29, 1.82) is 0 Å². The molecule has 0 amide bonds. The van der Waals surface area contributed by atoms with Gasteiger partial charge in [0.15, 0.2) is 5.96 Å². The van der Waals surface area contributed by atoms with Gasteiger partial charge in [0.2, 0.25) is 0 Å². The first-order valence-corrected chi connectivity index (χ1v) is 7.35. The minimum Gasteiger partial charge on any atom is -0.493 e. The first-order valence-electron chi connectivity index (χ1n) is 7.35. The number of esters is 1. The van der Waals surface area contributed by atoms with Crippen molar-refractivity contribution in [2.24, 2.45) is 10.7 Å². The molecule has 0 spiro atoms. The minimum absolute atomic E-state index is 0.0346. The van der Waals surface area contributed by atoms with Crippen LogP contribution < -0.4 is 15.8 Å². The number of nitrogens with two attached hydrogens (primary N) is 1. The van der Waals surface area contributed by atoms with Crippen LogP contribution in [0.2, 0.25) is 0 Å². The highest BCUT2D eigenvalue weighted by Gasteiger charge is 2.21. The summed E-state index contributed by atoms with van der Waals surface area (Å²) in [4.78, 5) is 15.7. The lowest BCUT2D eigenvalue weighted by Crippen LogP contribution is -2.38. The van der Waals surface area contributed by atoms with Crippen molar-refractivity contribution >= 4 is 11.9 Å². The quantitative estimate of drug-likeness (QED) is 0.505. The number of rotatable bonds is 3. The third kappa shape index (κ3) is 4.65. The molecule has 6 nitrogen and oxygen atoms in total. The first-order chi connectivity index (χ1) is 10.3. The van der Waals surface area contributed by atoms with Crippen LogP contribution in [0.5, 0.6) is 5.75 Å². The Kier molecular flexibility index (Phi) is 4.90. The second-order valence-corrected chi connectivity index (χ2v) is 6.16. The Hall–Kier alpha value is -2.24. The van der Waals surface area contributed by atoms with Crippen molar-refractivity contribution < 1.29 is 14.3 Å². The molecule has 1 heterocycles. The lowest BCUT2D eigenvalue weighted by molar-refractivity contribution is -0.152. The second-order valence-electron chi connectivity index (χ2n) is 6.16. The molecule has 0 fully saturated rings. The molecule has 6 heteroatoms. The molecule has 0 saturated carbocycles. The van der Waals surface area contributed by atoms with E-state index in [1.54, 1.807) is 0 Å². The molecular formula is C16H23N3O3. The molecule has 3 N–H and O–H groups in total. The number of carbonyl (C=O) groups is 1. The van der Waals surface area contributed by atoms with Crippen molar-refractivity contribution in [3.8, 4) is 5.75 Å². The molecule has 0 aliphatic carbocycles. The number of nitrogens with zero attached hydrogens (tertiary/aromatic N) is 1. The van der Waals surface area contributed by atoms with Gasteiger partial charge in [-0.2, -0.15) is 0 Å². The number of aliphatic imine (C=N–C) groups is 1. The second kappa shape index (κ2) is 6.68.